The number of nitrogens with zero attached hydrogens (tertiary/aromatic N) is 2. The van der Waals surface area contributed by atoms with Crippen molar-refractivity contribution in [3.63, 3.8) is 0 Å². The van der Waals surface area contributed by atoms with E-state index in [9.17, 15) is 4.79 Å². The van der Waals surface area contributed by atoms with Crippen LogP contribution in [-0.4, -0.2) is 54.3 Å². The first kappa shape index (κ1) is 15.0. The lowest BCUT2D eigenvalue weighted by Gasteiger charge is -2.34. The number of carbonyl (C=O) groups is 1. The zero-order valence-electron chi connectivity index (χ0n) is 9.25. The molecule has 15 heavy (non-hydrogen) atoms. The fourth-order valence-corrected chi connectivity index (χ4v) is 1.95. The molecule has 1 saturated heterocycles. The number of rotatable bonds is 4. The Bertz CT molecular complexity index is 182. The van der Waals surface area contributed by atoms with Crippen molar-refractivity contribution in [1.29, 1.82) is 0 Å². The zero-order valence-corrected chi connectivity index (χ0v) is 10.8. The molecule has 0 aromatic rings. The van der Waals surface area contributed by atoms with Crippen LogP contribution < -0.4 is 0 Å². The first-order chi connectivity index (χ1) is 6.77. The molecule has 1 fully saturated rings. The minimum absolute atomic E-state index is 0. The van der Waals surface area contributed by atoms with Gasteiger partial charge in [0.1, 0.15) is 0 Å². The second-order valence-corrected chi connectivity index (χ2v) is 4.04. The average Bonchev–Trinajstić information content (AvgIpc) is 2.20. The second-order valence-electron chi connectivity index (χ2n) is 3.66. The fraction of sp³-hybridized carbons (Fsp3) is 0.900. The van der Waals surface area contributed by atoms with Gasteiger partial charge in [-0.05, 0) is 6.42 Å². The van der Waals surface area contributed by atoms with E-state index in [2.05, 4.69) is 4.90 Å². The summed E-state index contributed by atoms with van der Waals surface area (Å²) in [5.74, 6) is 0.987. The third-order valence-electron chi connectivity index (χ3n) is 2.59. The Hall–Kier alpha value is 0.01000. The normalized spacial score (nSPS) is 17.3. The van der Waals surface area contributed by atoms with Gasteiger partial charge in [0.25, 0.3) is 0 Å². The highest BCUT2D eigenvalue weighted by molar-refractivity contribution is 6.18. The summed E-state index contributed by atoms with van der Waals surface area (Å²) in [7, 11) is 0. The summed E-state index contributed by atoms with van der Waals surface area (Å²) >= 11 is 5.66. The molecule has 0 aromatic heterocycles. The van der Waals surface area contributed by atoms with Crippen LogP contribution in [0, 0.1) is 0 Å². The molecule has 0 aromatic carbocycles. The molecular formula is C10H20Cl2N2O. The molecule has 0 saturated carbocycles. The second kappa shape index (κ2) is 8.20. The van der Waals surface area contributed by atoms with E-state index in [1.165, 1.54) is 0 Å². The van der Waals surface area contributed by atoms with E-state index in [-0.39, 0.29) is 12.4 Å². The molecule has 90 valence electrons. The van der Waals surface area contributed by atoms with Gasteiger partial charge in [-0.1, -0.05) is 6.92 Å². The summed E-state index contributed by atoms with van der Waals surface area (Å²) in [5, 5.41) is 0. The van der Waals surface area contributed by atoms with Crippen LogP contribution in [0.2, 0.25) is 0 Å². The van der Waals surface area contributed by atoms with Crippen LogP contribution in [0.5, 0.6) is 0 Å². The number of alkyl halides is 1. The van der Waals surface area contributed by atoms with Crippen LogP contribution >= 0.6 is 24.0 Å². The van der Waals surface area contributed by atoms with Crippen molar-refractivity contribution in [2.75, 3.05) is 38.6 Å². The van der Waals surface area contributed by atoms with Gasteiger partial charge in [0.05, 0.1) is 0 Å². The molecule has 3 nitrogen and oxygen atoms in total. The van der Waals surface area contributed by atoms with Gasteiger partial charge in [0.15, 0.2) is 0 Å². The van der Waals surface area contributed by atoms with E-state index in [1.807, 2.05) is 11.8 Å². The maximum absolute atomic E-state index is 11.5. The highest BCUT2D eigenvalue weighted by atomic mass is 35.5. The topological polar surface area (TPSA) is 23.6 Å². The first-order valence-corrected chi connectivity index (χ1v) is 5.87. The predicted octanol–water partition coefficient (Wildman–Crippen LogP) is 1.59. The van der Waals surface area contributed by atoms with Gasteiger partial charge in [-0.3, -0.25) is 9.69 Å². The van der Waals surface area contributed by atoms with Crippen molar-refractivity contribution in [2.24, 2.45) is 0 Å². The number of halogens is 2. The zero-order chi connectivity index (χ0) is 10.4. The van der Waals surface area contributed by atoms with E-state index in [4.69, 9.17) is 11.6 Å². The molecule has 1 heterocycles. The third kappa shape index (κ3) is 5.05. The van der Waals surface area contributed by atoms with Crippen molar-refractivity contribution in [3.8, 4) is 0 Å². The van der Waals surface area contributed by atoms with Gasteiger partial charge in [-0.2, -0.15) is 0 Å². The quantitative estimate of drug-likeness (QED) is 0.712. The lowest BCUT2D eigenvalue weighted by molar-refractivity contribution is -0.132. The minimum atomic E-state index is 0. The lowest BCUT2D eigenvalue weighted by Crippen LogP contribution is -2.49. The number of amides is 1. The summed E-state index contributed by atoms with van der Waals surface area (Å²) in [4.78, 5) is 15.8. The maximum Gasteiger partial charge on any atom is 0.222 e. The number of hydrogen-bond donors (Lipinski definition) is 0. The van der Waals surface area contributed by atoms with Crippen LogP contribution in [0.1, 0.15) is 19.8 Å². The highest BCUT2D eigenvalue weighted by Crippen LogP contribution is 2.04. The van der Waals surface area contributed by atoms with Crippen molar-refractivity contribution in [3.05, 3.63) is 0 Å². The Morgan fingerprint density at radius 1 is 1.27 bits per heavy atom. The molecule has 1 rings (SSSR count). The third-order valence-corrected chi connectivity index (χ3v) is 2.76. The monoisotopic (exact) mass is 254 g/mol. The number of hydrogen-bond acceptors (Lipinski definition) is 2. The van der Waals surface area contributed by atoms with Crippen LogP contribution in [0.3, 0.4) is 0 Å². The van der Waals surface area contributed by atoms with Crippen molar-refractivity contribution in [1.82, 2.24) is 9.80 Å². The summed E-state index contributed by atoms with van der Waals surface area (Å²) in [5.41, 5.74) is 0. The molecule has 0 aliphatic carbocycles. The summed E-state index contributed by atoms with van der Waals surface area (Å²) < 4.78 is 0. The molecule has 0 radical (unpaired) electrons. The fourth-order valence-electron chi connectivity index (χ4n) is 1.71. The minimum Gasteiger partial charge on any atom is -0.340 e. The molecule has 5 heteroatoms. The average molecular weight is 255 g/mol. The van der Waals surface area contributed by atoms with Crippen LogP contribution in [0.4, 0.5) is 0 Å². The Labute approximate surface area is 103 Å². The summed E-state index contributed by atoms with van der Waals surface area (Å²) in [6.45, 7) is 6.68. The molecule has 0 N–H and O–H groups in total. The van der Waals surface area contributed by atoms with E-state index >= 15 is 0 Å². The lowest BCUT2D eigenvalue weighted by atomic mass is 10.2. The first-order valence-electron chi connectivity index (χ1n) is 5.34. The number of piperazine rings is 1. The van der Waals surface area contributed by atoms with Gasteiger partial charge >= 0.3 is 0 Å². The molecule has 0 unspecified atom stereocenters. The Morgan fingerprint density at radius 3 is 2.33 bits per heavy atom. The Morgan fingerprint density at radius 2 is 1.87 bits per heavy atom. The highest BCUT2D eigenvalue weighted by Gasteiger charge is 2.19. The molecule has 0 spiro atoms. The number of carbonyl (C=O) groups excluding carboxylic acids is 1. The van der Waals surface area contributed by atoms with Crippen LogP contribution in [0.25, 0.3) is 0 Å². The van der Waals surface area contributed by atoms with Gasteiger partial charge in [0, 0.05) is 45.0 Å². The predicted molar refractivity (Wildman–Crippen MR) is 65.9 cm³/mol. The van der Waals surface area contributed by atoms with E-state index in [1.54, 1.807) is 0 Å². The van der Waals surface area contributed by atoms with Gasteiger partial charge in [-0.15, -0.1) is 24.0 Å². The Balaban J connectivity index is 0.00000196. The van der Waals surface area contributed by atoms with E-state index in [0.29, 0.717) is 18.2 Å². The van der Waals surface area contributed by atoms with E-state index in [0.717, 1.165) is 39.1 Å². The van der Waals surface area contributed by atoms with Crippen molar-refractivity contribution >= 4 is 29.9 Å². The van der Waals surface area contributed by atoms with Gasteiger partial charge in [0.2, 0.25) is 5.91 Å². The van der Waals surface area contributed by atoms with Crippen molar-refractivity contribution < 1.29 is 4.79 Å². The standard InChI is InChI=1S/C10H19ClN2O.ClH/c1-2-3-10(14)13-8-6-12(5-4-11)7-9-13;/h2-9H2,1H3;1H. The van der Waals surface area contributed by atoms with Gasteiger partial charge < -0.3 is 4.90 Å². The summed E-state index contributed by atoms with van der Waals surface area (Å²) in [6, 6.07) is 0. The van der Waals surface area contributed by atoms with Crippen LogP contribution in [-0.2, 0) is 4.79 Å². The van der Waals surface area contributed by atoms with Crippen LogP contribution in [0.15, 0.2) is 0 Å². The van der Waals surface area contributed by atoms with E-state index < -0.39 is 0 Å². The largest absolute Gasteiger partial charge is 0.340 e. The summed E-state index contributed by atoms with van der Waals surface area (Å²) in [6.07, 6.45) is 1.64. The molecule has 0 atom stereocenters. The molecule has 0 bridgehead atoms. The Kier molecular flexibility index (Phi) is 8.20. The SMILES string of the molecule is CCCC(=O)N1CCN(CCCl)CC1.Cl. The van der Waals surface area contributed by atoms with Gasteiger partial charge in [-0.25, -0.2) is 0 Å². The molecule has 1 aliphatic rings. The molecule has 1 amide bonds. The molecular weight excluding hydrogens is 235 g/mol. The smallest absolute Gasteiger partial charge is 0.222 e. The molecule has 1 aliphatic heterocycles. The van der Waals surface area contributed by atoms with Crippen molar-refractivity contribution in [2.45, 2.75) is 19.8 Å². The maximum atomic E-state index is 11.5.